The molecule has 4 nitrogen and oxygen atoms in total. The van der Waals surface area contributed by atoms with E-state index in [-0.39, 0.29) is 5.91 Å². The van der Waals surface area contributed by atoms with Crippen LogP contribution in [0.1, 0.15) is 0 Å². The van der Waals surface area contributed by atoms with Gasteiger partial charge in [-0.15, -0.1) is 11.8 Å². The zero-order valence-corrected chi connectivity index (χ0v) is 15.4. The highest BCUT2D eigenvalue weighted by atomic mass is 35.5. The van der Waals surface area contributed by atoms with Crippen LogP contribution in [0.15, 0.2) is 41.3 Å². The number of fused-ring (bicyclic) bond motifs is 1. The summed E-state index contributed by atoms with van der Waals surface area (Å²) in [6.07, 6.45) is 0. The predicted octanol–water partition coefficient (Wildman–Crippen LogP) is 4.72. The van der Waals surface area contributed by atoms with E-state index in [2.05, 4.69) is 5.32 Å². The third-order valence-electron chi connectivity index (χ3n) is 3.51. The highest BCUT2D eigenvalue weighted by molar-refractivity contribution is 8.01. The second kappa shape index (κ2) is 6.84. The van der Waals surface area contributed by atoms with Crippen molar-refractivity contribution in [3.8, 4) is 0 Å². The molecule has 1 unspecified atom stereocenters. The van der Waals surface area contributed by atoms with Gasteiger partial charge in [0.05, 0.1) is 15.7 Å². The minimum Gasteiger partial charge on any atom is -0.325 e. The van der Waals surface area contributed by atoms with Gasteiger partial charge < -0.3 is 10.2 Å². The zero-order valence-electron chi connectivity index (χ0n) is 12.3. The maximum atomic E-state index is 12.5. The third-order valence-corrected chi connectivity index (χ3v) is 5.71. The molecule has 0 radical (unpaired) electrons. The number of thioether (sulfide) groups is 1. The number of benzene rings is 2. The first-order valence-electron chi connectivity index (χ1n) is 6.86. The maximum Gasteiger partial charge on any atom is 0.249 e. The van der Waals surface area contributed by atoms with Crippen molar-refractivity contribution in [3.05, 3.63) is 51.5 Å². The molecule has 0 fully saturated rings. The summed E-state index contributed by atoms with van der Waals surface area (Å²) in [5.41, 5.74) is 1.20. The molecule has 2 aromatic rings. The summed E-state index contributed by atoms with van der Waals surface area (Å²) in [5, 5.41) is 3.05. The number of amides is 2. The fourth-order valence-electron chi connectivity index (χ4n) is 2.28. The van der Waals surface area contributed by atoms with Crippen LogP contribution < -0.4 is 10.2 Å². The topological polar surface area (TPSA) is 49.4 Å². The Hall–Kier alpha value is -1.40. The monoisotopic (exact) mass is 400 g/mol. The van der Waals surface area contributed by atoms with E-state index in [0.717, 1.165) is 10.6 Å². The number of anilines is 2. The molecule has 1 N–H and O–H groups in total. The molecular weight excluding hydrogens is 391 g/mol. The molecule has 124 valence electrons. The van der Waals surface area contributed by atoms with Crippen molar-refractivity contribution < 1.29 is 9.59 Å². The minimum absolute atomic E-state index is 0.299. The van der Waals surface area contributed by atoms with Crippen molar-refractivity contribution >= 4 is 69.8 Å². The van der Waals surface area contributed by atoms with Gasteiger partial charge in [-0.05, 0) is 36.4 Å². The molecule has 0 bridgehead atoms. The van der Waals surface area contributed by atoms with Crippen LogP contribution in [0, 0.1) is 0 Å². The van der Waals surface area contributed by atoms with Gasteiger partial charge in [-0.25, -0.2) is 0 Å². The van der Waals surface area contributed by atoms with Crippen LogP contribution in [0.25, 0.3) is 0 Å². The third kappa shape index (κ3) is 3.35. The fourth-order valence-corrected chi connectivity index (χ4v) is 4.01. The molecule has 0 aromatic heterocycles. The van der Waals surface area contributed by atoms with Crippen LogP contribution in [0.3, 0.4) is 0 Å². The van der Waals surface area contributed by atoms with Crippen LogP contribution in [0.5, 0.6) is 0 Å². The molecule has 2 aromatic carbocycles. The van der Waals surface area contributed by atoms with E-state index < -0.39 is 11.2 Å². The van der Waals surface area contributed by atoms with Gasteiger partial charge in [0.1, 0.15) is 0 Å². The van der Waals surface area contributed by atoms with Crippen molar-refractivity contribution in [3.63, 3.8) is 0 Å². The van der Waals surface area contributed by atoms with Crippen molar-refractivity contribution in [2.24, 2.45) is 0 Å². The predicted molar refractivity (Wildman–Crippen MR) is 99.6 cm³/mol. The van der Waals surface area contributed by atoms with E-state index in [9.17, 15) is 9.59 Å². The highest BCUT2D eigenvalue weighted by Gasteiger charge is 2.36. The summed E-state index contributed by atoms with van der Waals surface area (Å²) in [6, 6.07) is 9.95. The lowest BCUT2D eigenvalue weighted by Gasteiger charge is -2.30. The van der Waals surface area contributed by atoms with E-state index in [4.69, 9.17) is 34.8 Å². The summed E-state index contributed by atoms with van der Waals surface area (Å²) >= 11 is 19.0. The Morgan fingerprint density at radius 2 is 1.88 bits per heavy atom. The standard InChI is InChI=1S/C16H11Cl3N2O2S/c1-21-12-5-2-8(17)6-13(12)24-14(16(21)23)15(22)20-9-3-4-10(18)11(19)7-9/h2-7,14H,1H3,(H,20,22). The normalized spacial score (nSPS) is 16.8. The number of carbonyl (C=O) groups excluding carboxylic acids is 2. The Morgan fingerprint density at radius 1 is 1.12 bits per heavy atom. The molecule has 1 aliphatic rings. The van der Waals surface area contributed by atoms with E-state index in [0.29, 0.717) is 20.8 Å². The second-order valence-corrected chi connectivity index (χ2v) is 7.52. The van der Waals surface area contributed by atoms with E-state index in [1.165, 1.54) is 22.7 Å². The Bertz CT molecular complexity index is 844. The lowest BCUT2D eigenvalue weighted by atomic mass is 10.2. The smallest absolute Gasteiger partial charge is 0.249 e. The van der Waals surface area contributed by atoms with Crippen molar-refractivity contribution in [2.45, 2.75) is 10.1 Å². The average molecular weight is 402 g/mol. The molecule has 0 saturated carbocycles. The molecule has 1 atom stereocenters. The summed E-state index contributed by atoms with van der Waals surface area (Å²) < 4.78 is 0. The van der Waals surface area contributed by atoms with Gasteiger partial charge in [0.2, 0.25) is 11.8 Å². The summed E-state index contributed by atoms with van der Waals surface area (Å²) in [4.78, 5) is 27.3. The Kier molecular flexibility index (Phi) is 4.97. The molecule has 8 heteroatoms. The average Bonchev–Trinajstić information content (AvgIpc) is 2.54. The van der Waals surface area contributed by atoms with E-state index >= 15 is 0 Å². The van der Waals surface area contributed by atoms with Gasteiger partial charge >= 0.3 is 0 Å². The van der Waals surface area contributed by atoms with Gasteiger partial charge in [0.15, 0.2) is 5.25 Å². The number of hydrogen-bond donors (Lipinski definition) is 1. The molecular formula is C16H11Cl3N2O2S. The number of rotatable bonds is 2. The molecule has 1 heterocycles. The van der Waals surface area contributed by atoms with Gasteiger partial charge in [-0.1, -0.05) is 34.8 Å². The largest absolute Gasteiger partial charge is 0.325 e. The number of carbonyl (C=O) groups is 2. The van der Waals surface area contributed by atoms with Crippen LogP contribution in [-0.2, 0) is 9.59 Å². The number of halogens is 3. The number of nitrogens with zero attached hydrogens (tertiary/aromatic N) is 1. The van der Waals surface area contributed by atoms with Crippen LogP contribution in [-0.4, -0.2) is 24.1 Å². The van der Waals surface area contributed by atoms with Crippen molar-refractivity contribution in [1.82, 2.24) is 0 Å². The quantitative estimate of drug-likeness (QED) is 0.741. The number of nitrogens with one attached hydrogen (secondary N) is 1. The lowest BCUT2D eigenvalue weighted by molar-refractivity contribution is -0.124. The van der Waals surface area contributed by atoms with Gasteiger partial charge in [0, 0.05) is 22.7 Å². The lowest BCUT2D eigenvalue weighted by Crippen LogP contribution is -2.44. The van der Waals surface area contributed by atoms with Crippen LogP contribution in [0.2, 0.25) is 15.1 Å². The Labute approximate surface area is 158 Å². The first-order valence-corrected chi connectivity index (χ1v) is 8.88. The van der Waals surface area contributed by atoms with Crippen LogP contribution >= 0.6 is 46.6 Å². The summed E-state index contributed by atoms with van der Waals surface area (Å²) in [7, 11) is 1.63. The molecule has 1 aliphatic heterocycles. The van der Waals surface area contributed by atoms with Gasteiger partial charge in [-0.3, -0.25) is 9.59 Å². The summed E-state index contributed by atoms with van der Waals surface area (Å²) in [5.74, 6) is -0.728. The Morgan fingerprint density at radius 3 is 2.58 bits per heavy atom. The van der Waals surface area contributed by atoms with Crippen LogP contribution in [0.4, 0.5) is 11.4 Å². The Balaban J connectivity index is 1.84. The minimum atomic E-state index is -0.907. The molecule has 0 spiro atoms. The SMILES string of the molecule is CN1C(=O)C(C(=O)Nc2ccc(Cl)c(Cl)c2)Sc2cc(Cl)ccc21. The maximum absolute atomic E-state index is 12.5. The molecule has 3 rings (SSSR count). The highest BCUT2D eigenvalue weighted by Crippen LogP contribution is 2.40. The fraction of sp³-hybridized carbons (Fsp3) is 0.125. The van der Waals surface area contributed by atoms with Gasteiger partial charge in [0.25, 0.3) is 0 Å². The summed E-state index contributed by atoms with van der Waals surface area (Å²) in [6.45, 7) is 0. The number of hydrogen-bond acceptors (Lipinski definition) is 3. The first-order chi connectivity index (χ1) is 11.4. The van der Waals surface area contributed by atoms with Crippen molar-refractivity contribution in [1.29, 1.82) is 0 Å². The second-order valence-electron chi connectivity index (χ2n) is 5.13. The van der Waals surface area contributed by atoms with Gasteiger partial charge in [-0.2, -0.15) is 0 Å². The molecule has 0 saturated heterocycles. The van der Waals surface area contributed by atoms with E-state index in [1.54, 1.807) is 37.4 Å². The molecule has 2 amide bonds. The molecule has 24 heavy (non-hydrogen) atoms. The zero-order chi connectivity index (χ0) is 17.4. The molecule has 0 aliphatic carbocycles. The van der Waals surface area contributed by atoms with E-state index in [1.807, 2.05) is 0 Å². The first kappa shape index (κ1) is 17.4. The van der Waals surface area contributed by atoms with Crippen molar-refractivity contribution in [2.75, 3.05) is 17.3 Å².